The Balaban J connectivity index is 2.92. The van der Waals surface area contributed by atoms with Gasteiger partial charge < -0.3 is 4.74 Å². The molecule has 0 saturated carbocycles. The van der Waals surface area contributed by atoms with Gasteiger partial charge in [-0.1, -0.05) is 12.1 Å². The molecule has 13 heavy (non-hydrogen) atoms. The minimum atomic E-state index is -2.99. The Kier molecular flexibility index (Phi) is 3.25. The van der Waals surface area contributed by atoms with Crippen molar-refractivity contribution in [1.29, 1.82) is 0 Å². The number of alkyl halides is 3. The Morgan fingerprint density at radius 3 is 2.69 bits per heavy atom. The second-order valence-electron chi connectivity index (χ2n) is 2.46. The number of hydrogen-bond acceptors (Lipinski definition) is 1. The van der Waals surface area contributed by atoms with Crippen molar-refractivity contribution in [3.8, 4) is 5.75 Å². The van der Waals surface area contributed by atoms with Crippen LogP contribution in [0.2, 0.25) is 0 Å². The zero-order valence-electron chi connectivity index (χ0n) is 7.06. The second kappa shape index (κ2) is 4.05. The van der Waals surface area contributed by atoms with Crippen molar-refractivity contribution in [2.75, 3.05) is 6.61 Å². The number of rotatable bonds is 3. The van der Waals surface area contributed by atoms with Gasteiger partial charge in [0.15, 0.2) is 0 Å². The van der Waals surface area contributed by atoms with Gasteiger partial charge in [0.2, 0.25) is 0 Å². The van der Waals surface area contributed by atoms with Crippen molar-refractivity contribution in [2.45, 2.75) is 11.8 Å². The molecule has 0 radical (unpaired) electrons. The van der Waals surface area contributed by atoms with E-state index in [1.54, 1.807) is 13.0 Å². The summed E-state index contributed by atoms with van der Waals surface area (Å²) < 4.78 is 30.6. The first kappa shape index (κ1) is 10.4. The molecule has 0 saturated heterocycles. The van der Waals surface area contributed by atoms with Crippen LogP contribution < -0.4 is 4.74 Å². The Bertz CT molecular complexity index is 283. The van der Waals surface area contributed by atoms with Crippen molar-refractivity contribution in [2.24, 2.45) is 0 Å². The van der Waals surface area contributed by atoms with E-state index in [9.17, 15) is 8.78 Å². The molecule has 1 aromatic carbocycles. The average molecular weight is 251 g/mol. The van der Waals surface area contributed by atoms with Crippen LogP contribution in [0.15, 0.2) is 24.3 Å². The molecule has 0 atom stereocenters. The molecular formula is C9H9BrF2O. The second-order valence-corrected chi connectivity index (χ2v) is 3.45. The maximum absolute atomic E-state index is 12.7. The third-order valence-electron chi connectivity index (χ3n) is 1.47. The summed E-state index contributed by atoms with van der Waals surface area (Å²) in [7, 11) is 0. The molecule has 0 aliphatic heterocycles. The lowest BCUT2D eigenvalue weighted by Gasteiger charge is -2.10. The number of hydrogen-bond donors (Lipinski definition) is 0. The van der Waals surface area contributed by atoms with Crippen LogP contribution in [0.3, 0.4) is 0 Å². The van der Waals surface area contributed by atoms with Crippen LogP contribution in [0.25, 0.3) is 0 Å². The summed E-state index contributed by atoms with van der Waals surface area (Å²) in [5, 5.41) is 0. The van der Waals surface area contributed by atoms with Gasteiger partial charge in [0.25, 0.3) is 0 Å². The molecule has 0 unspecified atom stereocenters. The van der Waals surface area contributed by atoms with Crippen LogP contribution >= 0.6 is 15.9 Å². The third-order valence-corrected chi connectivity index (χ3v) is 1.93. The van der Waals surface area contributed by atoms with E-state index in [1.165, 1.54) is 18.2 Å². The lowest BCUT2D eigenvalue weighted by molar-refractivity contribution is 0.114. The van der Waals surface area contributed by atoms with Gasteiger partial charge in [-0.25, -0.2) is 0 Å². The molecule has 72 valence electrons. The molecule has 0 aliphatic carbocycles. The zero-order chi connectivity index (χ0) is 9.90. The minimum Gasteiger partial charge on any atom is -0.494 e. The van der Waals surface area contributed by atoms with Crippen molar-refractivity contribution in [3.63, 3.8) is 0 Å². The van der Waals surface area contributed by atoms with Crippen LogP contribution in [0, 0.1) is 0 Å². The topological polar surface area (TPSA) is 9.23 Å². The first-order chi connectivity index (χ1) is 6.04. The van der Waals surface area contributed by atoms with Gasteiger partial charge in [-0.15, -0.1) is 0 Å². The third kappa shape index (κ3) is 2.95. The summed E-state index contributed by atoms with van der Waals surface area (Å²) in [5.41, 5.74) is -0.0987. The van der Waals surface area contributed by atoms with E-state index in [0.29, 0.717) is 12.4 Å². The normalized spacial score (nSPS) is 11.4. The molecule has 0 aliphatic rings. The highest BCUT2D eigenvalue weighted by Crippen LogP contribution is 2.35. The lowest BCUT2D eigenvalue weighted by atomic mass is 10.2. The number of halogens is 3. The van der Waals surface area contributed by atoms with Crippen molar-refractivity contribution < 1.29 is 13.5 Å². The van der Waals surface area contributed by atoms with Crippen LogP contribution in [0.1, 0.15) is 12.5 Å². The summed E-state index contributed by atoms with van der Waals surface area (Å²) in [6.07, 6.45) is 0. The molecule has 0 amide bonds. The molecule has 1 aromatic rings. The van der Waals surface area contributed by atoms with Crippen molar-refractivity contribution >= 4 is 15.9 Å². The largest absolute Gasteiger partial charge is 0.494 e. The first-order valence-electron chi connectivity index (χ1n) is 3.84. The van der Waals surface area contributed by atoms with Gasteiger partial charge in [-0.2, -0.15) is 8.78 Å². The Morgan fingerprint density at radius 1 is 1.46 bits per heavy atom. The fourth-order valence-corrected chi connectivity index (χ4v) is 1.18. The molecule has 1 rings (SSSR count). The van der Waals surface area contributed by atoms with Crippen LogP contribution in [0.5, 0.6) is 5.75 Å². The Hall–Kier alpha value is -0.640. The van der Waals surface area contributed by atoms with E-state index < -0.39 is 4.83 Å². The maximum atomic E-state index is 12.7. The van der Waals surface area contributed by atoms with Gasteiger partial charge in [-0.3, -0.25) is 0 Å². The van der Waals surface area contributed by atoms with Crippen LogP contribution in [0.4, 0.5) is 8.78 Å². The molecule has 4 heteroatoms. The van der Waals surface area contributed by atoms with Crippen molar-refractivity contribution in [1.82, 2.24) is 0 Å². The highest BCUT2D eigenvalue weighted by Gasteiger charge is 2.26. The first-order valence-corrected chi connectivity index (χ1v) is 4.63. The highest BCUT2D eigenvalue weighted by molar-refractivity contribution is 9.09. The molecule has 0 spiro atoms. The molecule has 0 bridgehead atoms. The van der Waals surface area contributed by atoms with E-state index in [-0.39, 0.29) is 5.56 Å². The zero-order valence-corrected chi connectivity index (χ0v) is 8.64. The summed E-state index contributed by atoms with van der Waals surface area (Å²) >= 11 is 2.28. The Labute approximate surface area is 83.8 Å². The summed E-state index contributed by atoms with van der Waals surface area (Å²) in [6.45, 7) is 2.27. The fraction of sp³-hybridized carbons (Fsp3) is 0.333. The van der Waals surface area contributed by atoms with Gasteiger partial charge in [0.05, 0.1) is 6.61 Å². The standard InChI is InChI=1S/C9H9BrF2O/c1-2-13-8-5-3-4-7(6-8)9(10,11)12/h3-6H,2H2,1H3. The Morgan fingerprint density at radius 2 is 2.15 bits per heavy atom. The molecular weight excluding hydrogens is 242 g/mol. The summed E-state index contributed by atoms with van der Waals surface area (Å²) in [4.78, 5) is -2.99. The lowest BCUT2D eigenvalue weighted by Crippen LogP contribution is -2.02. The van der Waals surface area contributed by atoms with Crippen LogP contribution in [-0.4, -0.2) is 6.61 Å². The summed E-state index contributed by atoms with van der Waals surface area (Å²) in [6, 6.07) is 5.84. The monoisotopic (exact) mass is 250 g/mol. The molecule has 0 N–H and O–H groups in total. The van der Waals surface area contributed by atoms with Crippen LogP contribution in [-0.2, 0) is 4.83 Å². The van der Waals surface area contributed by atoms with E-state index in [4.69, 9.17) is 4.74 Å². The molecule has 1 nitrogen and oxygen atoms in total. The molecule has 0 fully saturated rings. The summed E-state index contributed by atoms with van der Waals surface area (Å²) in [5.74, 6) is 0.458. The predicted octanol–water partition coefficient (Wildman–Crippen LogP) is 3.53. The van der Waals surface area contributed by atoms with Gasteiger partial charge in [-0.05, 0) is 35.0 Å². The van der Waals surface area contributed by atoms with E-state index >= 15 is 0 Å². The van der Waals surface area contributed by atoms with Gasteiger partial charge >= 0.3 is 4.83 Å². The van der Waals surface area contributed by atoms with Gasteiger partial charge in [0, 0.05) is 5.56 Å². The smallest absolute Gasteiger partial charge is 0.326 e. The van der Waals surface area contributed by atoms with E-state index in [1.807, 2.05) is 0 Å². The average Bonchev–Trinajstić information content (AvgIpc) is 2.04. The fourth-order valence-electron chi connectivity index (χ4n) is 0.929. The van der Waals surface area contributed by atoms with E-state index in [2.05, 4.69) is 15.9 Å². The molecule has 0 heterocycles. The quantitative estimate of drug-likeness (QED) is 0.746. The SMILES string of the molecule is CCOc1cccc(C(F)(F)Br)c1. The highest BCUT2D eigenvalue weighted by atomic mass is 79.9. The van der Waals surface area contributed by atoms with Crippen molar-refractivity contribution in [3.05, 3.63) is 29.8 Å². The minimum absolute atomic E-state index is 0.0987. The predicted molar refractivity (Wildman–Crippen MR) is 50.4 cm³/mol. The van der Waals surface area contributed by atoms with E-state index in [0.717, 1.165) is 0 Å². The van der Waals surface area contributed by atoms with Gasteiger partial charge in [0.1, 0.15) is 5.75 Å². The maximum Gasteiger partial charge on any atom is 0.326 e. The number of benzene rings is 1. The molecule has 0 aromatic heterocycles. The number of ether oxygens (including phenoxy) is 1.